The van der Waals surface area contributed by atoms with Gasteiger partial charge in [-0.15, -0.1) is 0 Å². The number of fused-ring (bicyclic) bond motifs is 1. The summed E-state index contributed by atoms with van der Waals surface area (Å²) in [4.78, 5) is 2.18. The van der Waals surface area contributed by atoms with E-state index in [1.54, 1.807) is 24.3 Å². The Morgan fingerprint density at radius 3 is 2.12 bits per heavy atom. The van der Waals surface area contributed by atoms with Crippen LogP contribution in [0.25, 0.3) is 0 Å². The lowest BCUT2D eigenvalue weighted by molar-refractivity contribution is 0.228. The Bertz CT molecular complexity index is 720. The van der Waals surface area contributed by atoms with Crippen molar-refractivity contribution in [2.24, 2.45) is 0 Å². The average Bonchev–Trinajstić information content (AvgIpc) is 2.48. The first-order valence-corrected chi connectivity index (χ1v) is 7.21. The molecule has 8 nitrogen and oxygen atoms in total. The van der Waals surface area contributed by atoms with Crippen LogP contribution in [0, 0.1) is 0 Å². The summed E-state index contributed by atoms with van der Waals surface area (Å²) in [6.07, 6.45) is 1.46. The quantitative estimate of drug-likeness (QED) is 0.544. The summed E-state index contributed by atoms with van der Waals surface area (Å²) in [7, 11) is 2.01. The number of hydrogen-bond acceptors (Lipinski definition) is 5. The molecule has 8 heteroatoms. The summed E-state index contributed by atoms with van der Waals surface area (Å²) in [5.74, 6) is -0.481. The first kappa shape index (κ1) is 22.5. The molecular formula is C17H25NO7. The molecule has 2 aromatic rings. The second-order valence-corrected chi connectivity index (χ2v) is 5.81. The number of benzene rings is 2. The molecule has 3 rings (SSSR count). The maximum atomic E-state index is 9.78. The van der Waals surface area contributed by atoms with Crippen LogP contribution in [0.4, 0.5) is 0 Å². The predicted octanol–water partition coefficient (Wildman–Crippen LogP) is -0.193. The number of nitrogens with zero attached hydrogens (tertiary/aromatic N) is 1. The van der Waals surface area contributed by atoms with Crippen molar-refractivity contribution in [1.29, 1.82) is 0 Å². The third-order valence-electron chi connectivity index (χ3n) is 4.33. The Kier molecular flexibility index (Phi) is 7.68. The van der Waals surface area contributed by atoms with E-state index in [-0.39, 0.29) is 45.5 Å². The van der Waals surface area contributed by atoms with E-state index < -0.39 is 0 Å². The van der Waals surface area contributed by atoms with E-state index in [0.29, 0.717) is 6.42 Å². The number of phenolic OH excluding ortho intramolecular Hbond substituents is 4. The molecule has 0 aromatic heterocycles. The SMILES string of the molecule is CN1CCc2cc(O)c(O)cc2C1Cc1ccc(O)c(O)c1.O.O.O. The van der Waals surface area contributed by atoms with Gasteiger partial charge in [0.05, 0.1) is 0 Å². The molecule has 1 unspecified atom stereocenters. The van der Waals surface area contributed by atoms with Gasteiger partial charge in [0.1, 0.15) is 0 Å². The van der Waals surface area contributed by atoms with Gasteiger partial charge in [-0.3, -0.25) is 4.90 Å². The van der Waals surface area contributed by atoms with Crippen molar-refractivity contribution in [1.82, 2.24) is 4.90 Å². The molecule has 2 aromatic carbocycles. The van der Waals surface area contributed by atoms with Crippen molar-refractivity contribution in [2.45, 2.75) is 18.9 Å². The largest absolute Gasteiger partial charge is 0.504 e. The highest BCUT2D eigenvalue weighted by molar-refractivity contribution is 5.48. The fraction of sp³-hybridized carbons (Fsp3) is 0.294. The highest BCUT2D eigenvalue weighted by Crippen LogP contribution is 2.38. The molecule has 1 aliphatic rings. The summed E-state index contributed by atoms with van der Waals surface area (Å²) in [5, 5.41) is 38.5. The van der Waals surface area contributed by atoms with Crippen LogP contribution in [0.2, 0.25) is 0 Å². The van der Waals surface area contributed by atoms with E-state index in [1.165, 1.54) is 6.07 Å². The minimum atomic E-state index is -0.135. The van der Waals surface area contributed by atoms with Gasteiger partial charge in [0.2, 0.25) is 0 Å². The maximum absolute atomic E-state index is 9.78. The summed E-state index contributed by atoms with van der Waals surface area (Å²) in [6, 6.07) is 8.08. The molecule has 10 N–H and O–H groups in total. The molecule has 0 saturated carbocycles. The zero-order chi connectivity index (χ0) is 15.9. The smallest absolute Gasteiger partial charge is 0.157 e. The van der Waals surface area contributed by atoms with Gasteiger partial charge in [-0.05, 0) is 60.8 Å². The summed E-state index contributed by atoms with van der Waals surface area (Å²) >= 11 is 0. The second kappa shape index (κ2) is 8.54. The first-order chi connectivity index (χ1) is 10.5. The van der Waals surface area contributed by atoms with E-state index in [0.717, 1.165) is 29.7 Å². The van der Waals surface area contributed by atoms with Crippen LogP contribution in [0.3, 0.4) is 0 Å². The van der Waals surface area contributed by atoms with Crippen LogP contribution in [-0.2, 0) is 12.8 Å². The van der Waals surface area contributed by atoms with Crippen molar-refractivity contribution >= 4 is 0 Å². The minimum absolute atomic E-state index is 0. The molecule has 25 heavy (non-hydrogen) atoms. The highest BCUT2D eigenvalue weighted by Gasteiger charge is 2.26. The number of rotatable bonds is 2. The van der Waals surface area contributed by atoms with Gasteiger partial charge in [0, 0.05) is 12.6 Å². The van der Waals surface area contributed by atoms with Gasteiger partial charge in [-0.25, -0.2) is 0 Å². The molecule has 0 saturated heterocycles. The Balaban J connectivity index is 0.00000192. The van der Waals surface area contributed by atoms with Gasteiger partial charge in [-0.1, -0.05) is 6.07 Å². The molecule has 140 valence electrons. The van der Waals surface area contributed by atoms with Crippen molar-refractivity contribution in [2.75, 3.05) is 13.6 Å². The predicted molar refractivity (Wildman–Crippen MR) is 93.2 cm³/mol. The van der Waals surface area contributed by atoms with Crippen molar-refractivity contribution < 1.29 is 36.9 Å². The third-order valence-corrected chi connectivity index (χ3v) is 4.33. The van der Waals surface area contributed by atoms with Crippen molar-refractivity contribution in [3.8, 4) is 23.0 Å². The van der Waals surface area contributed by atoms with E-state index in [2.05, 4.69) is 4.90 Å². The van der Waals surface area contributed by atoms with Gasteiger partial charge in [-0.2, -0.15) is 0 Å². The molecule has 0 aliphatic carbocycles. The lowest BCUT2D eigenvalue weighted by atomic mass is 9.88. The Hall–Kier alpha value is -2.52. The summed E-state index contributed by atoms with van der Waals surface area (Å²) < 4.78 is 0. The van der Waals surface area contributed by atoms with E-state index in [9.17, 15) is 20.4 Å². The van der Waals surface area contributed by atoms with Crippen LogP contribution in [0.15, 0.2) is 30.3 Å². The van der Waals surface area contributed by atoms with Crippen molar-refractivity contribution in [3.05, 3.63) is 47.0 Å². The summed E-state index contributed by atoms with van der Waals surface area (Å²) in [6.45, 7) is 0.853. The number of likely N-dealkylation sites (N-methyl/N-ethyl adjacent to an activating group) is 1. The molecule has 0 amide bonds. The Labute approximate surface area is 145 Å². The molecule has 0 fully saturated rings. The molecule has 1 heterocycles. The van der Waals surface area contributed by atoms with E-state index in [4.69, 9.17) is 0 Å². The highest BCUT2D eigenvalue weighted by atomic mass is 16.3. The molecule has 0 bridgehead atoms. The zero-order valence-corrected chi connectivity index (χ0v) is 13.8. The standard InChI is InChI=1S/C17H19NO4.3H2O/c1-18-5-4-11-8-16(21)17(22)9-12(11)13(18)6-10-2-3-14(19)15(20)7-10;;;/h2-3,7-9,13,19-22H,4-6H2,1H3;3*1H2. The van der Waals surface area contributed by atoms with Crippen LogP contribution < -0.4 is 0 Å². The lowest BCUT2D eigenvalue weighted by Crippen LogP contribution is -2.33. The van der Waals surface area contributed by atoms with Gasteiger partial charge in [0.15, 0.2) is 23.0 Å². The number of hydrogen-bond donors (Lipinski definition) is 4. The van der Waals surface area contributed by atoms with Crippen LogP contribution in [0.5, 0.6) is 23.0 Å². The number of aromatic hydroxyl groups is 4. The monoisotopic (exact) mass is 355 g/mol. The van der Waals surface area contributed by atoms with Crippen LogP contribution in [0.1, 0.15) is 22.7 Å². The third kappa shape index (κ3) is 4.31. The Morgan fingerprint density at radius 1 is 0.880 bits per heavy atom. The fourth-order valence-electron chi connectivity index (χ4n) is 3.04. The van der Waals surface area contributed by atoms with E-state index >= 15 is 0 Å². The van der Waals surface area contributed by atoms with Gasteiger partial charge < -0.3 is 36.9 Å². The van der Waals surface area contributed by atoms with E-state index in [1.807, 2.05) is 7.05 Å². The molecule has 1 atom stereocenters. The maximum Gasteiger partial charge on any atom is 0.157 e. The van der Waals surface area contributed by atoms with Crippen LogP contribution >= 0.6 is 0 Å². The Morgan fingerprint density at radius 2 is 1.48 bits per heavy atom. The van der Waals surface area contributed by atoms with Gasteiger partial charge in [0.25, 0.3) is 0 Å². The summed E-state index contributed by atoms with van der Waals surface area (Å²) in [5.41, 5.74) is 2.91. The normalized spacial score (nSPS) is 16.0. The van der Waals surface area contributed by atoms with Gasteiger partial charge >= 0.3 is 0 Å². The molecule has 0 spiro atoms. The fourth-order valence-corrected chi connectivity index (χ4v) is 3.04. The number of phenols is 4. The lowest BCUT2D eigenvalue weighted by Gasteiger charge is -2.35. The molecule has 1 aliphatic heterocycles. The minimum Gasteiger partial charge on any atom is -0.504 e. The second-order valence-electron chi connectivity index (χ2n) is 5.81. The molecular weight excluding hydrogens is 330 g/mol. The first-order valence-electron chi connectivity index (χ1n) is 7.21. The average molecular weight is 355 g/mol. The van der Waals surface area contributed by atoms with Crippen molar-refractivity contribution in [3.63, 3.8) is 0 Å². The molecule has 0 radical (unpaired) electrons. The zero-order valence-electron chi connectivity index (χ0n) is 13.8. The topological polar surface area (TPSA) is 179 Å². The van der Waals surface area contributed by atoms with Crippen LogP contribution in [-0.4, -0.2) is 55.3 Å².